The quantitative estimate of drug-likeness (QED) is 0.177. The van der Waals surface area contributed by atoms with Crippen molar-refractivity contribution in [3.8, 4) is 0 Å². The highest BCUT2D eigenvalue weighted by atomic mass is 35.5. The SMILES string of the molecule is CC(C)CCCCCCCCCCCCCCC1=CCCC=C1C(Cl)CCO. The maximum atomic E-state index is 9.14. The van der Waals surface area contributed by atoms with Crippen molar-refractivity contribution >= 4 is 11.6 Å². The summed E-state index contributed by atoms with van der Waals surface area (Å²) in [6.45, 7) is 4.84. The summed E-state index contributed by atoms with van der Waals surface area (Å²) in [4.78, 5) is 0. The molecule has 0 heterocycles. The van der Waals surface area contributed by atoms with Crippen LogP contribution >= 0.6 is 11.6 Å². The molecule has 1 atom stereocenters. The summed E-state index contributed by atoms with van der Waals surface area (Å²) in [5.74, 6) is 0.876. The van der Waals surface area contributed by atoms with Crippen molar-refractivity contribution in [1.82, 2.24) is 0 Å². The third-order valence-corrected chi connectivity index (χ3v) is 6.44. The van der Waals surface area contributed by atoms with Gasteiger partial charge < -0.3 is 5.11 Å². The van der Waals surface area contributed by atoms with Gasteiger partial charge in [0, 0.05) is 6.61 Å². The van der Waals surface area contributed by atoms with Crippen molar-refractivity contribution in [3.63, 3.8) is 0 Å². The van der Waals surface area contributed by atoms with E-state index in [2.05, 4.69) is 26.0 Å². The van der Waals surface area contributed by atoms with Gasteiger partial charge in [0.05, 0.1) is 5.38 Å². The van der Waals surface area contributed by atoms with Crippen LogP contribution in [0.4, 0.5) is 0 Å². The summed E-state index contributed by atoms with van der Waals surface area (Å²) < 4.78 is 0. The highest BCUT2D eigenvalue weighted by molar-refractivity contribution is 6.22. The summed E-state index contributed by atoms with van der Waals surface area (Å²) >= 11 is 6.46. The minimum atomic E-state index is -0.00763. The standard InChI is InChI=1S/C26H47ClO/c1-23(2)17-13-11-9-7-5-3-4-6-8-10-12-14-18-24-19-15-16-20-25(24)26(27)21-22-28/h19-20,23,26,28H,3-18,21-22H2,1-2H3. The molecule has 1 aliphatic rings. The molecule has 1 unspecified atom stereocenters. The monoisotopic (exact) mass is 410 g/mol. The smallest absolute Gasteiger partial charge is 0.0606 e. The molecular formula is C26H47ClO. The Hall–Kier alpha value is -0.270. The first-order chi connectivity index (χ1) is 13.6. The van der Waals surface area contributed by atoms with E-state index in [4.69, 9.17) is 16.7 Å². The Balaban J connectivity index is 1.92. The molecule has 28 heavy (non-hydrogen) atoms. The molecule has 0 aliphatic heterocycles. The van der Waals surface area contributed by atoms with Crippen LogP contribution in [0.1, 0.15) is 123 Å². The van der Waals surface area contributed by atoms with Crippen molar-refractivity contribution in [2.45, 2.75) is 128 Å². The molecule has 0 saturated heterocycles. The summed E-state index contributed by atoms with van der Waals surface area (Å²) in [6, 6.07) is 0. The lowest BCUT2D eigenvalue weighted by Gasteiger charge is -2.20. The zero-order valence-electron chi connectivity index (χ0n) is 18.9. The van der Waals surface area contributed by atoms with E-state index >= 15 is 0 Å². The molecule has 1 N–H and O–H groups in total. The number of allylic oxidation sites excluding steroid dienone is 4. The van der Waals surface area contributed by atoms with Gasteiger partial charge in [-0.2, -0.15) is 0 Å². The van der Waals surface area contributed by atoms with Gasteiger partial charge in [-0.15, -0.1) is 11.6 Å². The molecule has 0 aromatic carbocycles. The van der Waals surface area contributed by atoms with Crippen LogP contribution in [0.5, 0.6) is 0 Å². The minimum Gasteiger partial charge on any atom is -0.396 e. The van der Waals surface area contributed by atoms with E-state index in [0.717, 1.165) is 25.2 Å². The van der Waals surface area contributed by atoms with Gasteiger partial charge in [0.25, 0.3) is 0 Å². The summed E-state index contributed by atoms with van der Waals surface area (Å²) in [7, 11) is 0. The first-order valence-corrected chi connectivity index (χ1v) is 12.7. The van der Waals surface area contributed by atoms with Crippen LogP contribution < -0.4 is 0 Å². The lowest BCUT2D eigenvalue weighted by atomic mass is 9.90. The number of aliphatic hydroxyl groups excluding tert-OH is 1. The zero-order chi connectivity index (χ0) is 20.5. The molecule has 1 rings (SSSR count). The first-order valence-electron chi connectivity index (χ1n) is 12.3. The molecule has 1 nitrogen and oxygen atoms in total. The van der Waals surface area contributed by atoms with E-state index < -0.39 is 0 Å². The Labute approximate surface area is 181 Å². The number of hydrogen-bond donors (Lipinski definition) is 1. The van der Waals surface area contributed by atoms with Gasteiger partial charge in [-0.3, -0.25) is 0 Å². The molecular weight excluding hydrogens is 364 g/mol. The fourth-order valence-corrected chi connectivity index (χ4v) is 4.55. The van der Waals surface area contributed by atoms with Gasteiger partial charge in [0.2, 0.25) is 0 Å². The second-order valence-electron chi connectivity index (χ2n) is 9.12. The third-order valence-electron chi connectivity index (χ3n) is 5.99. The number of unbranched alkanes of at least 4 members (excludes halogenated alkanes) is 11. The number of aliphatic hydroxyl groups is 1. The molecule has 0 radical (unpaired) electrons. The largest absolute Gasteiger partial charge is 0.396 e. The maximum Gasteiger partial charge on any atom is 0.0606 e. The molecule has 0 spiro atoms. The Morgan fingerprint density at radius 2 is 1.25 bits per heavy atom. The summed E-state index contributed by atoms with van der Waals surface area (Å²) in [6.07, 6.45) is 27.1. The highest BCUT2D eigenvalue weighted by Gasteiger charge is 2.16. The van der Waals surface area contributed by atoms with Gasteiger partial charge in [-0.25, -0.2) is 0 Å². The maximum absolute atomic E-state index is 9.14. The van der Waals surface area contributed by atoms with Gasteiger partial charge in [0.15, 0.2) is 0 Å². The Morgan fingerprint density at radius 3 is 1.79 bits per heavy atom. The van der Waals surface area contributed by atoms with Gasteiger partial charge in [-0.05, 0) is 49.2 Å². The predicted octanol–water partition coefficient (Wildman–Crippen LogP) is 8.74. The van der Waals surface area contributed by atoms with Crippen LogP contribution in [0.3, 0.4) is 0 Å². The minimum absolute atomic E-state index is 0.00763. The van der Waals surface area contributed by atoms with Crippen molar-refractivity contribution in [3.05, 3.63) is 23.3 Å². The number of rotatable bonds is 18. The van der Waals surface area contributed by atoms with E-state index in [1.807, 2.05) is 0 Å². The van der Waals surface area contributed by atoms with Crippen LogP contribution in [0.25, 0.3) is 0 Å². The molecule has 0 aromatic rings. The molecule has 0 fully saturated rings. The normalized spacial score (nSPS) is 15.6. The molecule has 1 aliphatic carbocycles. The second-order valence-corrected chi connectivity index (χ2v) is 9.65. The fourth-order valence-electron chi connectivity index (χ4n) is 4.23. The van der Waals surface area contributed by atoms with E-state index in [0.29, 0.717) is 6.42 Å². The van der Waals surface area contributed by atoms with Gasteiger partial charge >= 0.3 is 0 Å². The Kier molecular flexibility index (Phi) is 16.2. The van der Waals surface area contributed by atoms with Crippen LogP contribution in [0, 0.1) is 5.92 Å². The topological polar surface area (TPSA) is 20.2 Å². The lowest BCUT2D eigenvalue weighted by molar-refractivity contribution is 0.289. The summed E-state index contributed by atoms with van der Waals surface area (Å²) in [5.41, 5.74) is 2.75. The van der Waals surface area contributed by atoms with Crippen LogP contribution in [-0.2, 0) is 0 Å². The van der Waals surface area contributed by atoms with Crippen LogP contribution in [0.15, 0.2) is 23.3 Å². The Bertz CT molecular complexity index is 424. The van der Waals surface area contributed by atoms with E-state index in [1.54, 1.807) is 0 Å². The Morgan fingerprint density at radius 1 is 0.750 bits per heavy atom. The van der Waals surface area contributed by atoms with E-state index in [1.165, 1.54) is 94.6 Å². The average molecular weight is 411 g/mol. The van der Waals surface area contributed by atoms with Crippen LogP contribution in [-0.4, -0.2) is 17.1 Å². The lowest BCUT2D eigenvalue weighted by Crippen LogP contribution is -2.10. The van der Waals surface area contributed by atoms with Crippen LogP contribution in [0.2, 0.25) is 0 Å². The van der Waals surface area contributed by atoms with E-state index in [-0.39, 0.29) is 12.0 Å². The average Bonchev–Trinajstić information content (AvgIpc) is 2.68. The van der Waals surface area contributed by atoms with Gasteiger partial charge in [0.1, 0.15) is 0 Å². The molecule has 0 saturated carbocycles. The molecule has 164 valence electrons. The number of halogens is 1. The van der Waals surface area contributed by atoms with Crippen molar-refractivity contribution in [1.29, 1.82) is 0 Å². The van der Waals surface area contributed by atoms with Crippen molar-refractivity contribution < 1.29 is 5.11 Å². The third kappa shape index (κ3) is 13.0. The fraction of sp³-hybridized carbons (Fsp3) is 0.846. The molecule has 0 aromatic heterocycles. The summed E-state index contributed by atoms with van der Waals surface area (Å²) in [5, 5.41) is 9.13. The number of hydrogen-bond acceptors (Lipinski definition) is 1. The van der Waals surface area contributed by atoms with Gasteiger partial charge in [-0.1, -0.05) is 103 Å². The highest BCUT2D eigenvalue weighted by Crippen LogP contribution is 2.30. The molecule has 2 heteroatoms. The predicted molar refractivity (Wildman–Crippen MR) is 126 cm³/mol. The van der Waals surface area contributed by atoms with Crippen molar-refractivity contribution in [2.24, 2.45) is 5.92 Å². The van der Waals surface area contributed by atoms with Crippen molar-refractivity contribution in [2.75, 3.05) is 6.61 Å². The molecule has 0 amide bonds. The first kappa shape index (κ1) is 25.8. The number of alkyl halides is 1. The van der Waals surface area contributed by atoms with E-state index in [9.17, 15) is 0 Å². The zero-order valence-corrected chi connectivity index (χ0v) is 19.6. The second kappa shape index (κ2) is 17.6. The molecule has 0 bridgehead atoms.